The molecule has 0 amide bonds. The number of anilines is 1. The first-order chi connectivity index (χ1) is 8.88. The van der Waals surface area contributed by atoms with Crippen LogP contribution in [0.2, 0.25) is 0 Å². The Bertz CT molecular complexity index is 637. The van der Waals surface area contributed by atoms with Crippen LogP contribution in [0.15, 0.2) is 48.5 Å². The quantitative estimate of drug-likeness (QED) is 0.305. The van der Waals surface area contributed by atoms with Crippen LogP contribution >= 0.6 is 0 Å². The number of benzene rings is 2. The van der Waals surface area contributed by atoms with Crippen LogP contribution in [0, 0.1) is 11.8 Å². The molecule has 0 aromatic heterocycles. The summed E-state index contributed by atoms with van der Waals surface area (Å²) in [5.74, 6) is 6.61. The molecule has 0 saturated carbocycles. The molecule has 1 nitrogen and oxygen atoms in total. The van der Waals surface area contributed by atoms with E-state index in [1.54, 1.807) is 0 Å². The fraction of sp³-hybridized carbons (Fsp3) is 0.125. The van der Waals surface area contributed by atoms with Crippen molar-refractivity contribution in [1.29, 1.82) is 0 Å². The van der Waals surface area contributed by atoms with E-state index in [2.05, 4.69) is 68.4 Å². The van der Waals surface area contributed by atoms with Gasteiger partial charge in [0.15, 0.2) is 0 Å². The van der Waals surface area contributed by atoms with Crippen LogP contribution in [0.1, 0.15) is 16.7 Å². The Morgan fingerprint density at radius 1 is 0.944 bits per heavy atom. The molecule has 0 bridgehead atoms. The normalized spacial score (nSPS) is 12.8. The third-order valence-corrected chi connectivity index (χ3v) is 5.05. The van der Waals surface area contributed by atoms with E-state index in [0.717, 1.165) is 17.7 Å². The van der Waals surface area contributed by atoms with Gasteiger partial charge in [-0.3, -0.25) is 0 Å². The van der Waals surface area contributed by atoms with E-state index < -0.39 is 0 Å². The van der Waals surface area contributed by atoms with E-state index in [1.165, 1.54) is 11.3 Å². The molecule has 0 fully saturated rings. The fourth-order valence-electron chi connectivity index (χ4n) is 2.09. The van der Waals surface area contributed by atoms with Crippen molar-refractivity contribution >= 4 is 5.69 Å². The zero-order chi connectivity index (χ0) is 12.4. The van der Waals surface area contributed by atoms with Crippen LogP contribution in [0.5, 0.6) is 0 Å². The minimum atomic E-state index is 0.00694. The third kappa shape index (κ3) is 2.11. The molecule has 0 radical (unpaired) electrons. The summed E-state index contributed by atoms with van der Waals surface area (Å²) in [6.07, 6.45) is 0. The molecule has 1 aliphatic rings. The molecule has 0 saturated heterocycles. The fourth-order valence-corrected chi connectivity index (χ4v) is 3.74. The number of para-hydroxylation sites is 1. The molecular formula is C16H13IN-. The third-order valence-electron chi connectivity index (χ3n) is 3.03. The Hall–Kier alpha value is -1.47. The summed E-state index contributed by atoms with van der Waals surface area (Å²) < 4.78 is 2.49. The number of halogens is 1. The van der Waals surface area contributed by atoms with Crippen molar-refractivity contribution in [3.8, 4) is 11.8 Å². The molecule has 1 heterocycles. The van der Waals surface area contributed by atoms with Gasteiger partial charge in [0, 0.05) is 0 Å². The second-order valence-electron chi connectivity index (χ2n) is 4.11. The van der Waals surface area contributed by atoms with Crippen LogP contribution in [0.4, 0.5) is 5.69 Å². The van der Waals surface area contributed by atoms with Gasteiger partial charge in [-0.2, -0.15) is 0 Å². The van der Waals surface area contributed by atoms with Crippen molar-refractivity contribution in [3.05, 3.63) is 65.2 Å². The number of alkyl halides is 1. The Kier molecular flexibility index (Phi) is 3.24. The molecule has 18 heavy (non-hydrogen) atoms. The molecule has 2 aromatic rings. The van der Waals surface area contributed by atoms with Gasteiger partial charge in [0.05, 0.1) is 0 Å². The summed E-state index contributed by atoms with van der Waals surface area (Å²) in [6, 6.07) is 16.9. The van der Waals surface area contributed by atoms with Gasteiger partial charge in [0.1, 0.15) is 0 Å². The molecule has 0 spiro atoms. The van der Waals surface area contributed by atoms with Gasteiger partial charge in [-0.25, -0.2) is 0 Å². The average molecular weight is 346 g/mol. The van der Waals surface area contributed by atoms with E-state index in [4.69, 9.17) is 0 Å². The van der Waals surface area contributed by atoms with Crippen LogP contribution < -0.4 is 24.6 Å². The zero-order valence-electron chi connectivity index (χ0n) is 10.2. The van der Waals surface area contributed by atoms with E-state index in [9.17, 15) is 0 Å². The van der Waals surface area contributed by atoms with E-state index in [1.807, 2.05) is 0 Å². The van der Waals surface area contributed by atoms with Crippen LogP contribution in [0.25, 0.3) is 0 Å². The minimum absolute atomic E-state index is 0.00694. The van der Waals surface area contributed by atoms with Crippen molar-refractivity contribution in [2.45, 2.75) is 6.54 Å². The molecular weight excluding hydrogens is 333 g/mol. The molecule has 0 N–H and O–H groups in total. The van der Waals surface area contributed by atoms with Crippen LogP contribution in [0.3, 0.4) is 0 Å². The van der Waals surface area contributed by atoms with Gasteiger partial charge >= 0.3 is 119 Å². The van der Waals surface area contributed by atoms with Gasteiger partial charge in [-0.1, -0.05) is 0 Å². The number of hydrogen-bond acceptors (Lipinski definition) is 1. The van der Waals surface area contributed by atoms with Gasteiger partial charge < -0.3 is 0 Å². The molecule has 2 aromatic carbocycles. The predicted octanol–water partition coefficient (Wildman–Crippen LogP) is 0.0402. The molecule has 0 atom stereocenters. The Labute approximate surface area is 118 Å². The molecule has 1 aliphatic heterocycles. The summed E-state index contributed by atoms with van der Waals surface area (Å²) in [7, 11) is 0. The van der Waals surface area contributed by atoms with Crippen LogP contribution in [-0.2, 0) is 6.54 Å². The summed E-state index contributed by atoms with van der Waals surface area (Å²) >= 11 is 0.00694. The number of fused-ring (bicyclic) bond motifs is 2. The summed E-state index contributed by atoms with van der Waals surface area (Å²) in [4.78, 5) is 2.30. The predicted molar refractivity (Wildman–Crippen MR) is 71.0 cm³/mol. The molecule has 3 rings (SSSR count). The first-order valence-electron chi connectivity index (χ1n) is 5.85. The van der Waals surface area contributed by atoms with Gasteiger partial charge in [-0.15, -0.1) is 0 Å². The Balaban J connectivity index is 2.19. The second kappa shape index (κ2) is 5.03. The Morgan fingerprint density at radius 2 is 1.61 bits per heavy atom. The number of nitrogens with zero attached hydrogens (tertiary/aromatic N) is 1. The van der Waals surface area contributed by atoms with E-state index >= 15 is 0 Å². The molecule has 90 valence electrons. The van der Waals surface area contributed by atoms with Crippen molar-refractivity contribution in [1.82, 2.24) is 0 Å². The molecule has 0 aliphatic carbocycles. The topological polar surface area (TPSA) is 3.24 Å². The van der Waals surface area contributed by atoms with Crippen molar-refractivity contribution in [3.63, 3.8) is 0 Å². The summed E-state index contributed by atoms with van der Waals surface area (Å²) in [5.41, 5.74) is 4.93. The summed E-state index contributed by atoms with van der Waals surface area (Å²) in [6.45, 7) is 0.978. The van der Waals surface area contributed by atoms with Crippen LogP contribution in [-0.4, -0.2) is 4.93 Å². The summed E-state index contributed by atoms with van der Waals surface area (Å²) in [5, 5.41) is 0. The second-order valence-corrected chi connectivity index (χ2v) is 6.24. The van der Waals surface area contributed by atoms with Gasteiger partial charge in [0.25, 0.3) is 0 Å². The Morgan fingerprint density at radius 3 is 2.44 bits per heavy atom. The number of hydrogen-bond donors (Lipinski definition) is 0. The first kappa shape index (κ1) is 11.6. The maximum absolute atomic E-state index is 3.31. The van der Waals surface area contributed by atoms with Gasteiger partial charge in [-0.05, 0) is 0 Å². The van der Waals surface area contributed by atoms with Crippen molar-refractivity contribution in [2.75, 3.05) is 8.04 Å². The van der Waals surface area contributed by atoms with Gasteiger partial charge in [0.2, 0.25) is 0 Å². The SMILES string of the molecule is C[I-]N1Cc2ccccc2C#Cc2ccccc21. The van der Waals surface area contributed by atoms with E-state index in [-0.39, 0.29) is 21.5 Å². The standard InChI is InChI=1S/C16H13IN/c1-17-18-12-15-8-3-2-6-13(15)10-11-14-7-4-5-9-16(14)18/h2-9H,12H2,1H3/q-1. The van der Waals surface area contributed by atoms with E-state index in [0.29, 0.717) is 0 Å². The number of rotatable bonds is 1. The zero-order valence-corrected chi connectivity index (χ0v) is 12.3. The van der Waals surface area contributed by atoms with Crippen molar-refractivity contribution < 1.29 is 21.5 Å². The molecule has 2 heteroatoms. The van der Waals surface area contributed by atoms with Crippen molar-refractivity contribution in [2.24, 2.45) is 0 Å². The maximum atomic E-state index is 3.31. The monoisotopic (exact) mass is 346 g/mol. The first-order valence-corrected chi connectivity index (χ1v) is 8.97. The average Bonchev–Trinajstić information content (AvgIpc) is 2.41. The molecule has 0 unspecified atom stereocenters.